The molecule has 0 aromatic carbocycles. The second-order valence-electron chi connectivity index (χ2n) is 4.18. The second-order valence-corrected chi connectivity index (χ2v) is 4.18. The van der Waals surface area contributed by atoms with Crippen molar-refractivity contribution in [2.75, 3.05) is 11.4 Å². The molecule has 2 heterocycles. The maximum Gasteiger partial charge on any atom is 0.132 e. The van der Waals surface area contributed by atoms with Crippen LogP contribution >= 0.6 is 0 Å². The quantitative estimate of drug-likeness (QED) is 0.717. The number of hydrogen-bond acceptors (Lipinski definition) is 4. The zero-order valence-electron chi connectivity index (χ0n) is 8.51. The van der Waals surface area contributed by atoms with Gasteiger partial charge >= 0.3 is 0 Å². The van der Waals surface area contributed by atoms with Crippen molar-refractivity contribution in [2.45, 2.75) is 31.9 Å². The summed E-state index contributed by atoms with van der Waals surface area (Å²) >= 11 is 0. The zero-order valence-corrected chi connectivity index (χ0v) is 8.51. The van der Waals surface area contributed by atoms with Gasteiger partial charge in [-0.3, -0.25) is 0 Å². The second kappa shape index (κ2) is 3.20. The first-order valence-electron chi connectivity index (χ1n) is 4.84. The highest BCUT2D eigenvalue weighted by atomic mass is 16.3. The molecular formula is C10H15N3O. The Morgan fingerprint density at radius 3 is 2.86 bits per heavy atom. The van der Waals surface area contributed by atoms with Gasteiger partial charge in [0, 0.05) is 12.7 Å². The zero-order chi connectivity index (χ0) is 10.2. The Kier molecular flexibility index (Phi) is 2.15. The Morgan fingerprint density at radius 2 is 2.36 bits per heavy atom. The number of aromatic nitrogens is 2. The summed E-state index contributed by atoms with van der Waals surface area (Å²) in [6, 6.07) is 1.87. The van der Waals surface area contributed by atoms with Gasteiger partial charge < -0.3 is 10.0 Å². The van der Waals surface area contributed by atoms with E-state index in [9.17, 15) is 5.11 Å². The molecule has 0 spiro atoms. The summed E-state index contributed by atoms with van der Waals surface area (Å²) in [4.78, 5) is 10.2. The third-order valence-electron chi connectivity index (χ3n) is 2.98. The molecule has 1 N–H and O–H groups in total. The first kappa shape index (κ1) is 9.40. The van der Waals surface area contributed by atoms with Gasteiger partial charge in [-0.1, -0.05) is 0 Å². The lowest BCUT2D eigenvalue weighted by Gasteiger charge is -2.34. The fourth-order valence-corrected chi connectivity index (χ4v) is 1.93. The maximum atomic E-state index is 9.80. The molecule has 1 aromatic heterocycles. The van der Waals surface area contributed by atoms with Crippen LogP contribution in [0.4, 0.5) is 5.82 Å². The van der Waals surface area contributed by atoms with E-state index in [1.807, 2.05) is 19.9 Å². The van der Waals surface area contributed by atoms with Gasteiger partial charge in [-0.05, 0) is 26.3 Å². The van der Waals surface area contributed by atoms with Gasteiger partial charge in [0.15, 0.2) is 0 Å². The molecule has 0 radical (unpaired) electrons. The predicted octanol–water partition coefficient (Wildman–Crippen LogP) is 0.826. The van der Waals surface area contributed by atoms with Crippen molar-refractivity contribution < 1.29 is 5.11 Å². The number of rotatable bonds is 1. The largest absolute Gasteiger partial charge is 0.391 e. The number of nitrogens with zero attached hydrogens (tertiary/aromatic N) is 3. The van der Waals surface area contributed by atoms with Crippen molar-refractivity contribution in [1.82, 2.24) is 9.97 Å². The highest BCUT2D eigenvalue weighted by molar-refractivity contribution is 5.42. The first-order valence-corrected chi connectivity index (χ1v) is 4.84. The summed E-state index contributed by atoms with van der Waals surface area (Å²) in [5, 5.41) is 9.80. The van der Waals surface area contributed by atoms with E-state index in [0.717, 1.165) is 18.8 Å². The molecule has 0 bridgehead atoms. The van der Waals surface area contributed by atoms with Gasteiger partial charge in [0.25, 0.3) is 0 Å². The summed E-state index contributed by atoms with van der Waals surface area (Å²) in [5.74, 6) is 0.890. The van der Waals surface area contributed by atoms with E-state index in [0.29, 0.717) is 0 Å². The van der Waals surface area contributed by atoms with Crippen molar-refractivity contribution in [3.05, 3.63) is 18.6 Å². The van der Waals surface area contributed by atoms with Crippen molar-refractivity contribution in [3.63, 3.8) is 0 Å². The molecular weight excluding hydrogens is 178 g/mol. The van der Waals surface area contributed by atoms with Crippen LogP contribution in [0.15, 0.2) is 18.6 Å². The molecule has 4 heteroatoms. The van der Waals surface area contributed by atoms with Gasteiger partial charge in [-0.2, -0.15) is 0 Å². The molecule has 1 aliphatic rings. The van der Waals surface area contributed by atoms with Crippen molar-refractivity contribution in [1.29, 1.82) is 0 Å². The van der Waals surface area contributed by atoms with Crippen LogP contribution in [0.1, 0.15) is 20.3 Å². The van der Waals surface area contributed by atoms with Crippen LogP contribution < -0.4 is 4.90 Å². The van der Waals surface area contributed by atoms with Crippen LogP contribution in [0.3, 0.4) is 0 Å². The Hall–Kier alpha value is -1.16. The topological polar surface area (TPSA) is 49.2 Å². The minimum atomic E-state index is -0.280. The van der Waals surface area contributed by atoms with Gasteiger partial charge in [-0.25, -0.2) is 9.97 Å². The Labute approximate surface area is 83.6 Å². The fourth-order valence-electron chi connectivity index (χ4n) is 1.93. The lowest BCUT2D eigenvalue weighted by atomic mass is 9.99. The predicted molar refractivity (Wildman–Crippen MR) is 54.1 cm³/mol. The molecule has 76 valence electrons. The molecule has 0 aliphatic carbocycles. The van der Waals surface area contributed by atoms with E-state index in [1.165, 1.54) is 6.33 Å². The highest BCUT2D eigenvalue weighted by Crippen LogP contribution is 2.32. The van der Waals surface area contributed by atoms with E-state index in [1.54, 1.807) is 6.20 Å². The Bertz CT molecular complexity index is 312. The smallest absolute Gasteiger partial charge is 0.132 e. The molecule has 1 atom stereocenters. The normalized spacial score (nSPS) is 25.4. The van der Waals surface area contributed by atoms with E-state index in [2.05, 4.69) is 14.9 Å². The monoisotopic (exact) mass is 193 g/mol. The SMILES string of the molecule is CC1(C)C(O)CCN1c1ccncn1. The molecule has 1 aromatic rings. The third kappa shape index (κ3) is 1.35. The summed E-state index contributed by atoms with van der Waals surface area (Å²) < 4.78 is 0. The van der Waals surface area contributed by atoms with Crippen LogP contribution in [0.25, 0.3) is 0 Å². The molecule has 14 heavy (non-hydrogen) atoms. The van der Waals surface area contributed by atoms with Gasteiger partial charge in [-0.15, -0.1) is 0 Å². The van der Waals surface area contributed by atoms with E-state index >= 15 is 0 Å². The van der Waals surface area contributed by atoms with E-state index in [4.69, 9.17) is 0 Å². The maximum absolute atomic E-state index is 9.80. The van der Waals surface area contributed by atoms with Crippen molar-refractivity contribution in [2.24, 2.45) is 0 Å². The van der Waals surface area contributed by atoms with Gasteiger partial charge in [0.1, 0.15) is 12.1 Å². The lowest BCUT2D eigenvalue weighted by Crippen LogP contribution is -2.45. The molecule has 1 unspecified atom stereocenters. The summed E-state index contributed by atoms with van der Waals surface area (Å²) in [6.07, 6.45) is 3.79. The summed E-state index contributed by atoms with van der Waals surface area (Å²) in [7, 11) is 0. The molecule has 1 saturated heterocycles. The van der Waals surface area contributed by atoms with Crippen LogP contribution in [-0.4, -0.2) is 33.3 Å². The van der Waals surface area contributed by atoms with Gasteiger partial charge in [0.05, 0.1) is 11.6 Å². The molecule has 1 aliphatic heterocycles. The molecule has 4 nitrogen and oxygen atoms in total. The molecule has 0 amide bonds. The summed E-state index contributed by atoms with van der Waals surface area (Å²) in [5.41, 5.74) is -0.228. The number of aliphatic hydroxyl groups is 1. The third-order valence-corrected chi connectivity index (χ3v) is 2.98. The average Bonchev–Trinajstić information content (AvgIpc) is 2.44. The van der Waals surface area contributed by atoms with E-state index < -0.39 is 0 Å². The minimum absolute atomic E-state index is 0.228. The number of aliphatic hydroxyl groups excluding tert-OH is 1. The highest BCUT2D eigenvalue weighted by Gasteiger charge is 2.40. The van der Waals surface area contributed by atoms with E-state index in [-0.39, 0.29) is 11.6 Å². The van der Waals surface area contributed by atoms with Crippen molar-refractivity contribution >= 4 is 5.82 Å². The molecule has 1 fully saturated rings. The van der Waals surface area contributed by atoms with Crippen molar-refractivity contribution in [3.8, 4) is 0 Å². The number of hydrogen-bond donors (Lipinski definition) is 1. The van der Waals surface area contributed by atoms with Crippen LogP contribution in [-0.2, 0) is 0 Å². The molecule has 0 saturated carbocycles. The molecule has 2 rings (SSSR count). The fraction of sp³-hybridized carbons (Fsp3) is 0.600. The Morgan fingerprint density at radius 1 is 1.57 bits per heavy atom. The van der Waals surface area contributed by atoms with Crippen LogP contribution in [0.5, 0.6) is 0 Å². The number of anilines is 1. The standard InChI is InChI=1S/C10H15N3O/c1-10(2)8(14)4-6-13(10)9-3-5-11-7-12-9/h3,5,7-8,14H,4,6H2,1-2H3. The van der Waals surface area contributed by atoms with Crippen LogP contribution in [0, 0.1) is 0 Å². The average molecular weight is 193 g/mol. The Balaban J connectivity index is 2.29. The van der Waals surface area contributed by atoms with Gasteiger partial charge in [0.2, 0.25) is 0 Å². The minimum Gasteiger partial charge on any atom is -0.391 e. The van der Waals surface area contributed by atoms with Crippen LogP contribution in [0.2, 0.25) is 0 Å². The first-order chi connectivity index (χ1) is 6.62. The summed E-state index contributed by atoms with van der Waals surface area (Å²) in [6.45, 7) is 4.92. The lowest BCUT2D eigenvalue weighted by molar-refractivity contribution is 0.127.